The predicted octanol–water partition coefficient (Wildman–Crippen LogP) is 2.17. The minimum atomic E-state index is -0.0139. The molecule has 2 fully saturated rings. The summed E-state index contributed by atoms with van der Waals surface area (Å²) in [4.78, 5) is 14.4. The van der Waals surface area contributed by atoms with E-state index in [0.717, 1.165) is 24.8 Å². The highest BCUT2D eigenvalue weighted by Crippen LogP contribution is 2.30. The van der Waals surface area contributed by atoms with Crippen molar-refractivity contribution in [3.8, 4) is 11.5 Å². The highest BCUT2D eigenvalue weighted by atomic mass is 16.5. The topological polar surface area (TPSA) is 60.0 Å². The zero-order chi connectivity index (χ0) is 16.2. The molecule has 0 unspecified atom stereocenters. The van der Waals surface area contributed by atoms with Crippen LogP contribution in [0.1, 0.15) is 24.8 Å². The molecule has 2 atom stereocenters. The summed E-state index contributed by atoms with van der Waals surface area (Å²) < 4.78 is 16.3. The van der Waals surface area contributed by atoms with Gasteiger partial charge < -0.3 is 24.4 Å². The fraction of sp³-hybridized carbons (Fsp3) is 0.588. The molecule has 23 heavy (non-hydrogen) atoms. The summed E-state index contributed by atoms with van der Waals surface area (Å²) in [6.07, 6.45) is 3.45. The number of hydrogen-bond acceptors (Lipinski definition) is 4. The Morgan fingerprint density at radius 2 is 2.13 bits per heavy atom. The summed E-state index contributed by atoms with van der Waals surface area (Å²) in [6, 6.07) is 5.88. The average Bonchev–Trinajstić information content (AvgIpc) is 3.07. The number of nitrogens with one attached hydrogen (secondary N) is 1. The lowest BCUT2D eigenvalue weighted by atomic mass is 10.1. The molecular weight excluding hydrogens is 296 g/mol. The second-order valence-electron chi connectivity index (χ2n) is 5.95. The zero-order valence-corrected chi connectivity index (χ0v) is 13.7. The molecule has 2 amide bonds. The molecule has 0 radical (unpaired) electrons. The first kappa shape index (κ1) is 15.9. The fourth-order valence-electron chi connectivity index (χ4n) is 3.45. The van der Waals surface area contributed by atoms with Crippen LogP contribution in [0.2, 0.25) is 0 Å². The molecular formula is C17H24N2O4. The van der Waals surface area contributed by atoms with Gasteiger partial charge in [-0.15, -0.1) is 0 Å². The van der Waals surface area contributed by atoms with Crippen molar-refractivity contribution in [2.24, 2.45) is 0 Å². The van der Waals surface area contributed by atoms with Gasteiger partial charge in [0.05, 0.1) is 33.0 Å². The van der Waals surface area contributed by atoms with Gasteiger partial charge in [-0.05, 0) is 37.0 Å². The molecule has 6 heteroatoms. The van der Waals surface area contributed by atoms with E-state index in [1.54, 1.807) is 14.2 Å². The SMILES string of the molecule is COc1ccc(CNC(=O)N2CCO[C@@H]3CCC[C@@H]32)cc1OC. The quantitative estimate of drug-likeness (QED) is 0.923. The summed E-state index contributed by atoms with van der Waals surface area (Å²) >= 11 is 0. The number of amides is 2. The Hall–Kier alpha value is -1.95. The Morgan fingerprint density at radius 3 is 2.91 bits per heavy atom. The molecule has 1 aliphatic carbocycles. The van der Waals surface area contributed by atoms with E-state index in [1.807, 2.05) is 23.1 Å². The maximum Gasteiger partial charge on any atom is 0.318 e. The summed E-state index contributed by atoms with van der Waals surface area (Å²) in [5, 5.41) is 3.01. The van der Waals surface area contributed by atoms with Gasteiger partial charge in [-0.1, -0.05) is 6.07 Å². The molecule has 1 aromatic rings. The van der Waals surface area contributed by atoms with Crippen molar-refractivity contribution < 1.29 is 19.0 Å². The van der Waals surface area contributed by atoms with Gasteiger partial charge in [0.25, 0.3) is 0 Å². The number of carbonyl (C=O) groups is 1. The smallest absolute Gasteiger partial charge is 0.318 e. The molecule has 1 saturated heterocycles. The van der Waals surface area contributed by atoms with Gasteiger partial charge >= 0.3 is 6.03 Å². The summed E-state index contributed by atoms with van der Waals surface area (Å²) in [5.74, 6) is 1.35. The predicted molar refractivity (Wildman–Crippen MR) is 85.9 cm³/mol. The summed E-state index contributed by atoms with van der Waals surface area (Å²) in [5.41, 5.74) is 0.979. The number of carbonyl (C=O) groups excluding carboxylic acids is 1. The van der Waals surface area contributed by atoms with Crippen LogP contribution in [0.4, 0.5) is 4.79 Å². The molecule has 3 rings (SSSR count). The standard InChI is InChI=1S/C17H24N2O4/c1-21-15-7-6-12(10-16(15)22-2)11-18-17(20)19-8-9-23-14-5-3-4-13(14)19/h6-7,10,13-14H,3-5,8-9,11H2,1-2H3,(H,18,20)/t13-,14+/m0/s1. The Balaban J connectivity index is 1.60. The maximum atomic E-state index is 12.5. The van der Waals surface area contributed by atoms with Crippen LogP contribution in [0.15, 0.2) is 18.2 Å². The number of benzene rings is 1. The molecule has 0 aromatic heterocycles. The number of hydrogen-bond donors (Lipinski definition) is 1. The third-order valence-electron chi connectivity index (χ3n) is 4.63. The van der Waals surface area contributed by atoms with Gasteiger partial charge in [-0.25, -0.2) is 4.79 Å². The van der Waals surface area contributed by atoms with E-state index in [1.165, 1.54) is 0 Å². The van der Waals surface area contributed by atoms with Gasteiger partial charge in [0.15, 0.2) is 11.5 Å². The highest BCUT2D eigenvalue weighted by molar-refractivity contribution is 5.74. The lowest BCUT2D eigenvalue weighted by Crippen LogP contribution is -2.54. The molecule has 0 spiro atoms. The largest absolute Gasteiger partial charge is 0.493 e. The van der Waals surface area contributed by atoms with E-state index < -0.39 is 0 Å². The maximum absolute atomic E-state index is 12.5. The van der Waals surface area contributed by atoms with Crippen molar-refractivity contribution in [2.45, 2.75) is 38.0 Å². The van der Waals surface area contributed by atoms with Crippen molar-refractivity contribution >= 4 is 6.03 Å². The Morgan fingerprint density at radius 1 is 1.30 bits per heavy atom. The summed E-state index contributed by atoms with van der Waals surface area (Å²) in [6.45, 7) is 1.76. The van der Waals surface area contributed by atoms with E-state index in [2.05, 4.69) is 5.32 Å². The van der Waals surface area contributed by atoms with Crippen molar-refractivity contribution in [1.29, 1.82) is 0 Å². The molecule has 126 valence electrons. The van der Waals surface area contributed by atoms with Crippen LogP contribution < -0.4 is 14.8 Å². The fourth-order valence-corrected chi connectivity index (χ4v) is 3.45. The molecule has 1 heterocycles. The van der Waals surface area contributed by atoms with Gasteiger partial charge in [0.2, 0.25) is 0 Å². The van der Waals surface area contributed by atoms with Crippen molar-refractivity contribution in [3.63, 3.8) is 0 Å². The first-order valence-corrected chi connectivity index (χ1v) is 8.10. The van der Waals surface area contributed by atoms with Gasteiger partial charge in [-0.3, -0.25) is 0 Å². The second kappa shape index (κ2) is 7.08. The number of morpholine rings is 1. The van der Waals surface area contributed by atoms with Crippen molar-refractivity contribution in [1.82, 2.24) is 10.2 Å². The highest BCUT2D eigenvalue weighted by Gasteiger charge is 2.38. The van der Waals surface area contributed by atoms with Crippen molar-refractivity contribution in [2.75, 3.05) is 27.4 Å². The molecule has 6 nitrogen and oxygen atoms in total. The third-order valence-corrected chi connectivity index (χ3v) is 4.63. The monoisotopic (exact) mass is 320 g/mol. The molecule has 1 aromatic carbocycles. The van der Waals surface area contributed by atoms with Crippen molar-refractivity contribution in [3.05, 3.63) is 23.8 Å². The van der Waals surface area contributed by atoms with Gasteiger partial charge in [0.1, 0.15) is 0 Å². The molecule has 1 aliphatic heterocycles. The van der Waals surface area contributed by atoms with E-state index >= 15 is 0 Å². The van der Waals surface area contributed by atoms with Crippen LogP contribution in [0.3, 0.4) is 0 Å². The normalized spacial score (nSPS) is 23.3. The van der Waals surface area contributed by atoms with Crippen LogP contribution in [0, 0.1) is 0 Å². The molecule has 0 bridgehead atoms. The third kappa shape index (κ3) is 3.37. The van der Waals surface area contributed by atoms with Crippen LogP contribution >= 0.6 is 0 Å². The summed E-state index contributed by atoms with van der Waals surface area (Å²) in [7, 11) is 3.21. The van der Waals surface area contributed by atoms with Crippen LogP contribution in [0.25, 0.3) is 0 Å². The van der Waals surface area contributed by atoms with E-state index in [0.29, 0.717) is 31.2 Å². The first-order valence-electron chi connectivity index (χ1n) is 8.10. The minimum Gasteiger partial charge on any atom is -0.493 e. The zero-order valence-electron chi connectivity index (χ0n) is 13.7. The number of fused-ring (bicyclic) bond motifs is 1. The number of nitrogens with zero attached hydrogens (tertiary/aromatic N) is 1. The number of ether oxygens (including phenoxy) is 3. The van der Waals surface area contributed by atoms with Crippen LogP contribution in [-0.4, -0.2) is 50.4 Å². The van der Waals surface area contributed by atoms with E-state index in [4.69, 9.17) is 14.2 Å². The molecule has 1 N–H and O–H groups in total. The lowest BCUT2D eigenvalue weighted by Gasteiger charge is -2.37. The molecule has 2 aliphatic rings. The van der Waals surface area contributed by atoms with Crippen LogP contribution in [0.5, 0.6) is 11.5 Å². The first-order chi connectivity index (χ1) is 11.2. The van der Waals surface area contributed by atoms with Gasteiger partial charge in [0, 0.05) is 13.1 Å². The average molecular weight is 320 g/mol. The van der Waals surface area contributed by atoms with E-state index in [-0.39, 0.29) is 18.2 Å². The van der Waals surface area contributed by atoms with Crippen LogP contribution in [-0.2, 0) is 11.3 Å². The Kier molecular flexibility index (Phi) is 4.91. The minimum absolute atomic E-state index is 0.0139. The number of methoxy groups -OCH3 is 2. The number of rotatable bonds is 4. The molecule has 1 saturated carbocycles. The Labute approximate surface area is 136 Å². The second-order valence-corrected chi connectivity index (χ2v) is 5.95. The lowest BCUT2D eigenvalue weighted by molar-refractivity contribution is -0.0383. The van der Waals surface area contributed by atoms with E-state index in [9.17, 15) is 4.79 Å². The van der Waals surface area contributed by atoms with Gasteiger partial charge in [-0.2, -0.15) is 0 Å². The number of urea groups is 1. The Bertz CT molecular complexity index is 564.